The van der Waals surface area contributed by atoms with Crippen molar-refractivity contribution < 1.29 is 19.1 Å². The van der Waals surface area contributed by atoms with Crippen LogP contribution in [0, 0.1) is 6.92 Å². The Balaban J connectivity index is 1.61. The van der Waals surface area contributed by atoms with Crippen molar-refractivity contribution in [3.63, 3.8) is 0 Å². The van der Waals surface area contributed by atoms with Crippen LogP contribution in [0.25, 0.3) is 0 Å². The number of piperazine rings is 1. The molecule has 2 saturated heterocycles. The molecule has 3 aliphatic rings. The molecule has 0 unspecified atom stereocenters. The number of fused-ring (bicyclic) bond motifs is 1. The Hall–Kier alpha value is -2.61. The molecule has 1 spiro atoms. The van der Waals surface area contributed by atoms with Crippen LogP contribution < -0.4 is 10.1 Å². The third kappa shape index (κ3) is 4.07. The largest absolute Gasteiger partial charge is 0.484 e. The standard InChI is InChI=1S/C21H28N4O4/c1-15-3-4-17-16(11-15)20(28)25(13-19(27)24-10-7-22-18(26)12-24)14-21(29-17)5-8-23(2)9-6-21/h3-4,11H,5-10,12-14H2,1-2H3,(H,22,26). The molecule has 156 valence electrons. The summed E-state index contributed by atoms with van der Waals surface area (Å²) in [4.78, 5) is 43.3. The number of amides is 3. The smallest absolute Gasteiger partial charge is 0.258 e. The van der Waals surface area contributed by atoms with E-state index in [1.165, 1.54) is 4.90 Å². The summed E-state index contributed by atoms with van der Waals surface area (Å²) in [6.45, 7) is 4.98. The lowest BCUT2D eigenvalue weighted by Crippen LogP contribution is -2.56. The van der Waals surface area contributed by atoms with Crippen molar-refractivity contribution in [3.05, 3.63) is 29.3 Å². The lowest BCUT2D eigenvalue weighted by molar-refractivity contribution is -0.139. The molecule has 1 aromatic carbocycles. The molecule has 0 radical (unpaired) electrons. The number of carbonyl (C=O) groups is 3. The summed E-state index contributed by atoms with van der Waals surface area (Å²) in [5, 5.41) is 2.72. The van der Waals surface area contributed by atoms with E-state index in [4.69, 9.17) is 4.74 Å². The second-order valence-corrected chi connectivity index (χ2v) is 8.41. The molecule has 1 N–H and O–H groups in total. The average molecular weight is 400 g/mol. The Kier molecular flexibility index (Phi) is 5.21. The minimum Gasteiger partial charge on any atom is -0.484 e. The van der Waals surface area contributed by atoms with E-state index < -0.39 is 5.60 Å². The van der Waals surface area contributed by atoms with Gasteiger partial charge in [-0.05, 0) is 26.1 Å². The van der Waals surface area contributed by atoms with Gasteiger partial charge in [0.15, 0.2) is 0 Å². The van der Waals surface area contributed by atoms with Crippen LogP contribution in [0.2, 0.25) is 0 Å². The lowest BCUT2D eigenvalue weighted by atomic mass is 9.90. The van der Waals surface area contributed by atoms with Crippen molar-refractivity contribution in [2.24, 2.45) is 0 Å². The maximum Gasteiger partial charge on any atom is 0.258 e. The van der Waals surface area contributed by atoms with Gasteiger partial charge < -0.3 is 24.8 Å². The first-order chi connectivity index (χ1) is 13.8. The maximum absolute atomic E-state index is 13.3. The molecule has 8 heteroatoms. The number of carbonyl (C=O) groups excluding carboxylic acids is 3. The second kappa shape index (κ2) is 7.67. The van der Waals surface area contributed by atoms with Crippen LogP contribution in [0.3, 0.4) is 0 Å². The number of benzene rings is 1. The highest BCUT2D eigenvalue weighted by atomic mass is 16.5. The minimum atomic E-state index is -0.498. The predicted molar refractivity (Wildman–Crippen MR) is 107 cm³/mol. The van der Waals surface area contributed by atoms with Crippen molar-refractivity contribution in [2.45, 2.75) is 25.4 Å². The molecule has 0 aromatic heterocycles. The van der Waals surface area contributed by atoms with E-state index in [1.807, 2.05) is 25.1 Å². The first-order valence-electron chi connectivity index (χ1n) is 10.2. The van der Waals surface area contributed by atoms with Gasteiger partial charge in [-0.2, -0.15) is 0 Å². The summed E-state index contributed by atoms with van der Waals surface area (Å²) in [5.41, 5.74) is 0.978. The molecular formula is C21H28N4O4. The zero-order valence-electron chi connectivity index (χ0n) is 17.1. The lowest BCUT2D eigenvalue weighted by Gasteiger charge is -2.42. The van der Waals surface area contributed by atoms with Gasteiger partial charge in [-0.15, -0.1) is 0 Å². The van der Waals surface area contributed by atoms with Gasteiger partial charge in [-0.1, -0.05) is 11.6 Å². The van der Waals surface area contributed by atoms with Crippen molar-refractivity contribution in [1.82, 2.24) is 20.0 Å². The number of rotatable bonds is 2. The monoisotopic (exact) mass is 400 g/mol. The molecule has 2 fully saturated rings. The van der Waals surface area contributed by atoms with Gasteiger partial charge in [0, 0.05) is 39.0 Å². The second-order valence-electron chi connectivity index (χ2n) is 8.41. The van der Waals surface area contributed by atoms with Crippen LogP contribution in [0.1, 0.15) is 28.8 Å². The normalized spacial score (nSPS) is 22.0. The molecule has 8 nitrogen and oxygen atoms in total. The first kappa shape index (κ1) is 19.7. The molecule has 0 bridgehead atoms. The number of likely N-dealkylation sites (tertiary alicyclic amines) is 1. The summed E-state index contributed by atoms with van der Waals surface area (Å²) in [7, 11) is 2.08. The highest BCUT2D eigenvalue weighted by Gasteiger charge is 2.43. The highest BCUT2D eigenvalue weighted by Crippen LogP contribution is 2.35. The van der Waals surface area contributed by atoms with Gasteiger partial charge in [0.05, 0.1) is 18.7 Å². The molecule has 1 aromatic rings. The van der Waals surface area contributed by atoms with Crippen LogP contribution in [-0.2, 0) is 9.59 Å². The van der Waals surface area contributed by atoms with Gasteiger partial charge in [-0.3, -0.25) is 14.4 Å². The average Bonchev–Trinajstić information content (AvgIpc) is 2.80. The number of aryl methyl sites for hydroxylation is 1. The molecule has 0 saturated carbocycles. The fourth-order valence-corrected chi connectivity index (χ4v) is 4.28. The Bertz CT molecular complexity index is 832. The van der Waals surface area contributed by atoms with E-state index in [0.29, 0.717) is 30.9 Å². The van der Waals surface area contributed by atoms with E-state index in [9.17, 15) is 14.4 Å². The number of ether oxygens (including phenoxy) is 1. The fourth-order valence-electron chi connectivity index (χ4n) is 4.28. The van der Waals surface area contributed by atoms with Crippen molar-refractivity contribution >= 4 is 17.7 Å². The molecule has 3 heterocycles. The number of nitrogens with zero attached hydrogens (tertiary/aromatic N) is 3. The summed E-state index contributed by atoms with van der Waals surface area (Å²) in [5.74, 6) is 0.0435. The molecule has 3 aliphatic heterocycles. The van der Waals surface area contributed by atoms with Crippen molar-refractivity contribution in [3.8, 4) is 5.75 Å². The van der Waals surface area contributed by atoms with Gasteiger partial charge in [-0.25, -0.2) is 0 Å². The molecule has 29 heavy (non-hydrogen) atoms. The topological polar surface area (TPSA) is 82.2 Å². The van der Waals surface area contributed by atoms with E-state index in [0.717, 1.165) is 31.5 Å². The maximum atomic E-state index is 13.3. The molecule has 3 amide bonds. The van der Waals surface area contributed by atoms with Crippen molar-refractivity contribution in [2.75, 3.05) is 52.9 Å². The van der Waals surface area contributed by atoms with E-state index in [2.05, 4.69) is 17.3 Å². The minimum absolute atomic E-state index is 0.0412. The summed E-state index contributed by atoms with van der Waals surface area (Å²) < 4.78 is 6.46. The number of hydrogen-bond donors (Lipinski definition) is 1. The molecule has 4 rings (SSSR count). The van der Waals surface area contributed by atoms with Crippen LogP contribution >= 0.6 is 0 Å². The van der Waals surface area contributed by atoms with E-state index in [-0.39, 0.29) is 30.8 Å². The SMILES string of the molecule is Cc1ccc2c(c1)C(=O)N(CC(=O)N1CCNC(=O)C1)CC1(CCN(C)CC1)O2. The van der Waals surface area contributed by atoms with Crippen LogP contribution in [0.15, 0.2) is 18.2 Å². The third-order valence-electron chi connectivity index (χ3n) is 6.07. The molecule has 0 aliphatic carbocycles. The number of nitrogens with one attached hydrogen (secondary N) is 1. The van der Waals surface area contributed by atoms with E-state index in [1.54, 1.807) is 4.90 Å². The highest BCUT2D eigenvalue weighted by molar-refractivity contribution is 5.99. The molecule has 0 atom stereocenters. The number of piperidine rings is 1. The first-order valence-corrected chi connectivity index (χ1v) is 10.2. The Morgan fingerprint density at radius 3 is 2.69 bits per heavy atom. The van der Waals surface area contributed by atoms with Crippen LogP contribution in [0.4, 0.5) is 0 Å². The predicted octanol–water partition coefficient (Wildman–Crippen LogP) is 0.252. The quantitative estimate of drug-likeness (QED) is 0.770. The van der Waals surface area contributed by atoms with Gasteiger partial charge in [0.25, 0.3) is 5.91 Å². The zero-order chi connectivity index (χ0) is 20.6. The third-order valence-corrected chi connectivity index (χ3v) is 6.07. The van der Waals surface area contributed by atoms with Gasteiger partial charge in [0.1, 0.15) is 17.9 Å². The molecular weight excluding hydrogens is 372 g/mol. The summed E-state index contributed by atoms with van der Waals surface area (Å²) in [6.07, 6.45) is 1.59. The Morgan fingerprint density at radius 1 is 1.21 bits per heavy atom. The van der Waals surface area contributed by atoms with Gasteiger partial charge in [0.2, 0.25) is 11.8 Å². The number of hydrogen-bond acceptors (Lipinski definition) is 5. The van der Waals surface area contributed by atoms with E-state index >= 15 is 0 Å². The Morgan fingerprint density at radius 2 is 1.97 bits per heavy atom. The summed E-state index contributed by atoms with van der Waals surface area (Å²) >= 11 is 0. The van der Waals surface area contributed by atoms with Crippen LogP contribution in [0.5, 0.6) is 5.75 Å². The zero-order valence-corrected chi connectivity index (χ0v) is 17.1. The summed E-state index contributed by atoms with van der Waals surface area (Å²) in [6, 6.07) is 5.64. The Labute approximate surface area is 170 Å². The van der Waals surface area contributed by atoms with Crippen molar-refractivity contribution in [1.29, 1.82) is 0 Å². The fraction of sp³-hybridized carbons (Fsp3) is 0.571. The van der Waals surface area contributed by atoms with Crippen LogP contribution in [-0.4, -0.2) is 90.9 Å². The van der Waals surface area contributed by atoms with Gasteiger partial charge >= 0.3 is 0 Å².